The molecule has 22 heavy (non-hydrogen) atoms. The number of aromatic nitrogens is 2. The zero-order valence-corrected chi connectivity index (χ0v) is 13.7. The van der Waals surface area contributed by atoms with Crippen LogP contribution in [0.15, 0.2) is 28.8 Å². The van der Waals surface area contributed by atoms with Crippen LogP contribution in [0.1, 0.15) is 41.3 Å². The minimum absolute atomic E-state index is 0.0561. The number of anilines is 1. The molecule has 0 aliphatic heterocycles. The van der Waals surface area contributed by atoms with Crippen LogP contribution < -0.4 is 5.32 Å². The van der Waals surface area contributed by atoms with Gasteiger partial charge in [0.1, 0.15) is 10.4 Å². The highest BCUT2D eigenvalue weighted by molar-refractivity contribution is 7.13. The molecule has 6 heteroatoms. The first-order chi connectivity index (χ1) is 10.3. The zero-order chi connectivity index (χ0) is 15.9. The molecule has 2 aromatic heterocycles. The Morgan fingerprint density at radius 1 is 1.32 bits per heavy atom. The average Bonchev–Trinajstić information content (AvgIpc) is 3.02. The van der Waals surface area contributed by atoms with Crippen LogP contribution in [-0.2, 0) is 5.41 Å². The summed E-state index contributed by atoms with van der Waals surface area (Å²) in [4.78, 5) is 21.5. The molecule has 3 rings (SSSR count). The summed E-state index contributed by atoms with van der Waals surface area (Å²) in [6, 6.07) is 5.42. The summed E-state index contributed by atoms with van der Waals surface area (Å²) in [5.41, 5.74) is 2.07. The SMILES string of the molecule is Cc1nc2ccc(NC(=O)c3cnc(C(C)(C)C)s3)cc2o1. The van der Waals surface area contributed by atoms with Crippen LogP contribution in [0.4, 0.5) is 5.69 Å². The lowest BCUT2D eigenvalue weighted by molar-refractivity contribution is 0.103. The fourth-order valence-corrected chi connectivity index (χ4v) is 2.91. The van der Waals surface area contributed by atoms with Gasteiger partial charge in [0, 0.05) is 24.1 Å². The Hall–Kier alpha value is -2.21. The number of nitrogens with one attached hydrogen (secondary N) is 1. The summed E-state index contributed by atoms with van der Waals surface area (Å²) in [7, 11) is 0. The third kappa shape index (κ3) is 2.87. The second-order valence-electron chi connectivity index (χ2n) is 6.15. The maximum atomic E-state index is 12.3. The van der Waals surface area contributed by atoms with Gasteiger partial charge in [-0.15, -0.1) is 11.3 Å². The Morgan fingerprint density at radius 2 is 2.09 bits per heavy atom. The first-order valence-electron chi connectivity index (χ1n) is 6.98. The number of carbonyl (C=O) groups is 1. The predicted octanol–water partition coefficient (Wildman–Crippen LogP) is 4.14. The number of thiazole rings is 1. The summed E-state index contributed by atoms with van der Waals surface area (Å²) < 4.78 is 5.47. The predicted molar refractivity (Wildman–Crippen MR) is 87.5 cm³/mol. The lowest BCUT2D eigenvalue weighted by Crippen LogP contribution is -2.11. The van der Waals surface area contributed by atoms with E-state index in [-0.39, 0.29) is 11.3 Å². The Balaban J connectivity index is 1.81. The highest BCUT2D eigenvalue weighted by Crippen LogP contribution is 2.27. The molecule has 3 aromatic rings. The number of nitrogens with zero attached hydrogens (tertiary/aromatic N) is 2. The van der Waals surface area contributed by atoms with E-state index in [1.165, 1.54) is 11.3 Å². The van der Waals surface area contributed by atoms with Crippen molar-refractivity contribution in [2.45, 2.75) is 33.1 Å². The van der Waals surface area contributed by atoms with Crippen molar-refractivity contribution in [3.05, 3.63) is 40.2 Å². The largest absolute Gasteiger partial charge is 0.441 e. The van der Waals surface area contributed by atoms with Crippen molar-refractivity contribution in [2.75, 3.05) is 5.32 Å². The van der Waals surface area contributed by atoms with E-state index in [9.17, 15) is 4.79 Å². The van der Waals surface area contributed by atoms with E-state index in [4.69, 9.17) is 4.42 Å². The number of benzene rings is 1. The van der Waals surface area contributed by atoms with Crippen molar-refractivity contribution >= 4 is 34.0 Å². The molecular formula is C16H17N3O2S. The molecule has 0 spiro atoms. The molecular weight excluding hydrogens is 298 g/mol. The Labute approximate surface area is 132 Å². The van der Waals surface area contributed by atoms with Gasteiger partial charge in [-0.05, 0) is 12.1 Å². The van der Waals surface area contributed by atoms with E-state index >= 15 is 0 Å². The molecule has 1 N–H and O–H groups in total. The zero-order valence-electron chi connectivity index (χ0n) is 12.9. The van der Waals surface area contributed by atoms with Crippen LogP contribution in [0.3, 0.4) is 0 Å². The Kier molecular flexibility index (Phi) is 3.48. The average molecular weight is 315 g/mol. The number of fused-ring (bicyclic) bond motifs is 1. The van der Waals surface area contributed by atoms with Crippen LogP contribution in [0.2, 0.25) is 0 Å². The van der Waals surface area contributed by atoms with Gasteiger partial charge in [-0.1, -0.05) is 20.8 Å². The van der Waals surface area contributed by atoms with Crippen LogP contribution in [0.25, 0.3) is 11.1 Å². The van der Waals surface area contributed by atoms with Crippen molar-refractivity contribution < 1.29 is 9.21 Å². The lowest BCUT2D eigenvalue weighted by atomic mass is 9.98. The van der Waals surface area contributed by atoms with Gasteiger partial charge in [-0.2, -0.15) is 0 Å². The highest BCUT2D eigenvalue weighted by Gasteiger charge is 2.20. The Morgan fingerprint density at radius 3 is 2.77 bits per heavy atom. The normalized spacial score (nSPS) is 11.8. The third-order valence-electron chi connectivity index (χ3n) is 3.12. The van der Waals surface area contributed by atoms with E-state index in [1.807, 2.05) is 12.1 Å². The molecule has 1 aromatic carbocycles. The van der Waals surface area contributed by atoms with Gasteiger partial charge in [0.15, 0.2) is 11.5 Å². The molecule has 1 amide bonds. The monoisotopic (exact) mass is 315 g/mol. The Bertz CT molecular complexity index is 843. The van der Waals surface area contributed by atoms with Gasteiger partial charge in [0.05, 0.1) is 11.2 Å². The topological polar surface area (TPSA) is 68.0 Å². The number of aryl methyl sites for hydroxylation is 1. The minimum atomic E-state index is -0.163. The van der Waals surface area contributed by atoms with Crippen molar-refractivity contribution in [2.24, 2.45) is 0 Å². The molecule has 0 radical (unpaired) electrons. The van der Waals surface area contributed by atoms with Crippen LogP contribution in [0, 0.1) is 6.92 Å². The quantitative estimate of drug-likeness (QED) is 0.771. The van der Waals surface area contributed by atoms with Gasteiger partial charge < -0.3 is 9.73 Å². The molecule has 0 saturated heterocycles. The molecule has 5 nitrogen and oxygen atoms in total. The molecule has 0 bridgehead atoms. The standard InChI is InChI=1S/C16H17N3O2S/c1-9-18-11-6-5-10(7-12(11)21-9)19-14(20)13-8-17-15(22-13)16(2,3)4/h5-8H,1-4H3,(H,19,20). The molecule has 0 aliphatic rings. The molecule has 2 heterocycles. The van der Waals surface area contributed by atoms with E-state index < -0.39 is 0 Å². The summed E-state index contributed by atoms with van der Waals surface area (Å²) in [5, 5.41) is 3.81. The molecule has 0 unspecified atom stereocenters. The fourth-order valence-electron chi connectivity index (χ4n) is 2.04. The fraction of sp³-hybridized carbons (Fsp3) is 0.312. The first kappa shape index (κ1) is 14.7. The van der Waals surface area contributed by atoms with Gasteiger partial charge in [0.25, 0.3) is 5.91 Å². The molecule has 0 aliphatic carbocycles. The van der Waals surface area contributed by atoms with Crippen molar-refractivity contribution in [1.29, 1.82) is 0 Å². The minimum Gasteiger partial charge on any atom is -0.441 e. The third-order valence-corrected chi connectivity index (χ3v) is 4.55. The number of amides is 1. The molecule has 0 saturated carbocycles. The van der Waals surface area contributed by atoms with Crippen LogP contribution in [0.5, 0.6) is 0 Å². The number of oxazole rings is 1. The highest BCUT2D eigenvalue weighted by atomic mass is 32.1. The van der Waals surface area contributed by atoms with Crippen LogP contribution >= 0.6 is 11.3 Å². The molecule has 0 fully saturated rings. The van der Waals surface area contributed by atoms with E-state index in [0.29, 0.717) is 22.0 Å². The summed E-state index contributed by atoms with van der Waals surface area (Å²) in [5.74, 6) is 0.444. The number of carbonyl (C=O) groups excluding carboxylic acids is 1. The number of hydrogen-bond donors (Lipinski definition) is 1. The van der Waals surface area contributed by atoms with E-state index in [0.717, 1.165) is 10.5 Å². The lowest BCUT2D eigenvalue weighted by Gasteiger charge is -2.13. The summed E-state index contributed by atoms with van der Waals surface area (Å²) >= 11 is 1.42. The van der Waals surface area contributed by atoms with Crippen molar-refractivity contribution in [1.82, 2.24) is 9.97 Å². The summed E-state index contributed by atoms with van der Waals surface area (Å²) in [6.07, 6.45) is 1.62. The number of rotatable bonds is 2. The second kappa shape index (κ2) is 5.21. The maximum Gasteiger partial charge on any atom is 0.267 e. The smallest absolute Gasteiger partial charge is 0.267 e. The van der Waals surface area contributed by atoms with Gasteiger partial charge in [0.2, 0.25) is 0 Å². The maximum absolute atomic E-state index is 12.3. The van der Waals surface area contributed by atoms with Crippen molar-refractivity contribution in [3.63, 3.8) is 0 Å². The van der Waals surface area contributed by atoms with Crippen LogP contribution in [-0.4, -0.2) is 15.9 Å². The van der Waals surface area contributed by atoms with E-state index in [2.05, 4.69) is 36.1 Å². The van der Waals surface area contributed by atoms with Crippen molar-refractivity contribution in [3.8, 4) is 0 Å². The van der Waals surface area contributed by atoms with Gasteiger partial charge >= 0.3 is 0 Å². The second-order valence-corrected chi connectivity index (χ2v) is 7.18. The molecule has 0 atom stereocenters. The van der Waals surface area contributed by atoms with E-state index in [1.54, 1.807) is 19.2 Å². The summed E-state index contributed by atoms with van der Waals surface area (Å²) in [6.45, 7) is 8.03. The number of hydrogen-bond acceptors (Lipinski definition) is 5. The first-order valence-corrected chi connectivity index (χ1v) is 7.79. The van der Waals surface area contributed by atoms with Gasteiger partial charge in [-0.3, -0.25) is 4.79 Å². The van der Waals surface area contributed by atoms with Gasteiger partial charge in [-0.25, -0.2) is 9.97 Å². The molecule has 114 valence electrons.